The number of hydrogen-bond acceptors (Lipinski definition) is 4. The minimum Gasteiger partial charge on any atom is -0.497 e. The number of hydrogen-bond donors (Lipinski definition) is 0. The Bertz CT molecular complexity index is 697. The minimum absolute atomic E-state index is 0.00582. The van der Waals surface area contributed by atoms with Crippen LogP contribution in [0, 0.1) is 6.92 Å². The molecule has 0 saturated carbocycles. The van der Waals surface area contributed by atoms with Crippen LogP contribution in [0.25, 0.3) is 0 Å². The summed E-state index contributed by atoms with van der Waals surface area (Å²) in [5, 5.41) is 0. The maximum Gasteiger partial charge on any atom is 0.254 e. The van der Waals surface area contributed by atoms with Crippen molar-refractivity contribution in [2.24, 2.45) is 0 Å². The second-order valence-electron chi connectivity index (χ2n) is 6.10. The highest BCUT2D eigenvalue weighted by atomic mass is 16.5. The highest BCUT2D eigenvalue weighted by Crippen LogP contribution is 2.16. The van der Waals surface area contributed by atoms with E-state index in [4.69, 9.17) is 14.2 Å². The topological polar surface area (TPSA) is 48.0 Å². The van der Waals surface area contributed by atoms with E-state index in [2.05, 4.69) is 0 Å². The molecule has 1 atom stereocenters. The van der Waals surface area contributed by atoms with Gasteiger partial charge in [-0.15, -0.1) is 0 Å². The summed E-state index contributed by atoms with van der Waals surface area (Å²) in [4.78, 5) is 14.5. The number of aryl methyl sites for hydroxylation is 1. The first-order valence-electron chi connectivity index (χ1n) is 8.40. The molecule has 0 aromatic heterocycles. The van der Waals surface area contributed by atoms with E-state index in [0.29, 0.717) is 31.9 Å². The number of ether oxygens (including phenoxy) is 3. The highest BCUT2D eigenvalue weighted by Gasteiger charge is 2.25. The van der Waals surface area contributed by atoms with E-state index in [1.54, 1.807) is 31.4 Å². The molecule has 2 aromatic carbocycles. The molecule has 1 heterocycles. The molecule has 1 aliphatic rings. The Balaban J connectivity index is 1.56. The number of rotatable bonds is 5. The van der Waals surface area contributed by atoms with Crippen LogP contribution in [-0.4, -0.2) is 50.3 Å². The van der Waals surface area contributed by atoms with E-state index >= 15 is 0 Å². The van der Waals surface area contributed by atoms with E-state index in [1.807, 2.05) is 36.1 Å². The second-order valence-corrected chi connectivity index (χ2v) is 6.10. The average molecular weight is 341 g/mol. The summed E-state index contributed by atoms with van der Waals surface area (Å²) in [6, 6.07) is 15.1. The van der Waals surface area contributed by atoms with Crippen molar-refractivity contribution in [2.75, 3.05) is 33.4 Å². The molecular weight excluding hydrogens is 318 g/mol. The van der Waals surface area contributed by atoms with Gasteiger partial charge in [0.05, 0.1) is 20.3 Å². The predicted molar refractivity (Wildman–Crippen MR) is 95.3 cm³/mol. The van der Waals surface area contributed by atoms with E-state index in [-0.39, 0.29) is 12.0 Å². The summed E-state index contributed by atoms with van der Waals surface area (Å²) in [6.07, 6.45) is -0.128. The first-order valence-corrected chi connectivity index (χ1v) is 8.40. The molecule has 0 aliphatic carbocycles. The third kappa shape index (κ3) is 4.51. The van der Waals surface area contributed by atoms with E-state index in [0.717, 1.165) is 11.5 Å². The molecule has 25 heavy (non-hydrogen) atoms. The molecule has 2 aromatic rings. The van der Waals surface area contributed by atoms with E-state index < -0.39 is 0 Å². The third-order valence-electron chi connectivity index (χ3n) is 4.22. The van der Waals surface area contributed by atoms with Crippen molar-refractivity contribution in [1.82, 2.24) is 4.90 Å². The second kappa shape index (κ2) is 8.03. The first kappa shape index (κ1) is 17.3. The van der Waals surface area contributed by atoms with Crippen LogP contribution in [0.3, 0.4) is 0 Å². The van der Waals surface area contributed by atoms with Crippen LogP contribution in [0.2, 0.25) is 0 Å². The van der Waals surface area contributed by atoms with Crippen LogP contribution < -0.4 is 9.47 Å². The van der Waals surface area contributed by atoms with Crippen molar-refractivity contribution >= 4 is 5.91 Å². The number of methoxy groups -OCH3 is 1. The van der Waals surface area contributed by atoms with Crippen LogP contribution in [0.15, 0.2) is 48.5 Å². The minimum atomic E-state index is -0.128. The van der Waals surface area contributed by atoms with Crippen molar-refractivity contribution in [2.45, 2.75) is 13.0 Å². The molecule has 1 fully saturated rings. The first-order chi connectivity index (χ1) is 12.2. The summed E-state index contributed by atoms with van der Waals surface area (Å²) in [5.41, 5.74) is 1.85. The van der Waals surface area contributed by atoms with Crippen LogP contribution in [0.5, 0.6) is 11.5 Å². The molecule has 5 heteroatoms. The van der Waals surface area contributed by atoms with Gasteiger partial charge >= 0.3 is 0 Å². The highest BCUT2D eigenvalue weighted by molar-refractivity contribution is 5.94. The zero-order chi connectivity index (χ0) is 17.6. The lowest BCUT2D eigenvalue weighted by atomic mass is 10.1. The van der Waals surface area contributed by atoms with Gasteiger partial charge in [0.25, 0.3) is 5.91 Å². The summed E-state index contributed by atoms with van der Waals surface area (Å²) < 4.78 is 16.7. The summed E-state index contributed by atoms with van der Waals surface area (Å²) in [6.45, 7) is 4.10. The molecular formula is C20H23NO4. The quantitative estimate of drug-likeness (QED) is 0.839. The molecule has 3 rings (SSSR count). The molecule has 5 nitrogen and oxygen atoms in total. The number of nitrogens with zero attached hydrogens (tertiary/aromatic N) is 1. The molecule has 1 saturated heterocycles. The van der Waals surface area contributed by atoms with Gasteiger partial charge in [0.15, 0.2) is 0 Å². The molecule has 1 aliphatic heterocycles. The van der Waals surface area contributed by atoms with Crippen LogP contribution in [-0.2, 0) is 4.74 Å². The van der Waals surface area contributed by atoms with E-state index in [1.165, 1.54) is 5.56 Å². The van der Waals surface area contributed by atoms with Gasteiger partial charge < -0.3 is 19.1 Å². The Morgan fingerprint density at radius 1 is 1.12 bits per heavy atom. The fourth-order valence-electron chi connectivity index (χ4n) is 2.74. The fraction of sp³-hybridized carbons (Fsp3) is 0.350. The number of carbonyl (C=O) groups is 1. The maximum atomic E-state index is 12.6. The number of carbonyl (C=O) groups excluding carboxylic acids is 1. The van der Waals surface area contributed by atoms with Crippen LogP contribution in [0.1, 0.15) is 15.9 Å². The summed E-state index contributed by atoms with van der Waals surface area (Å²) >= 11 is 0. The van der Waals surface area contributed by atoms with Crippen molar-refractivity contribution in [3.8, 4) is 11.5 Å². The molecule has 0 bridgehead atoms. The fourth-order valence-corrected chi connectivity index (χ4v) is 2.74. The molecule has 132 valence electrons. The van der Waals surface area contributed by atoms with Gasteiger partial charge in [-0.05, 0) is 43.3 Å². The van der Waals surface area contributed by atoms with Crippen molar-refractivity contribution in [3.05, 3.63) is 59.7 Å². The SMILES string of the molecule is COc1ccc(C(=O)N2CCO[C@H](COc3ccc(C)cc3)C2)cc1. The van der Waals surface area contributed by atoms with Crippen molar-refractivity contribution in [3.63, 3.8) is 0 Å². The normalized spacial score (nSPS) is 17.2. The Morgan fingerprint density at radius 2 is 1.80 bits per heavy atom. The van der Waals surface area contributed by atoms with Gasteiger partial charge in [-0.1, -0.05) is 17.7 Å². The van der Waals surface area contributed by atoms with Crippen LogP contribution >= 0.6 is 0 Å². The maximum absolute atomic E-state index is 12.6. The molecule has 0 N–H and O–H groups in total. The van der Waals surface area contributed by atoms with Gasteiger partial charge in [-0.3, -0.25) is 4.79 Å². The van der Waals surface area contributed by atoms with Gasteiger partial charge in [-0.2, -0.15) is 0 Å². The third-order valence-corrected chi connectivity index (χ3v) is 4.22. The van der Waals surface area contributed by atoms with Gasteiger partial charge in [-0.25, -0.2) is 0 Å². The Hall–Kier alpha value is -2.53. The smallest absolute Gasteiger partial charge is 0.254 e. The largest absolute Gasteiger partial charge is 0.497 e. The number of amides is 1. The Kier molecular flexibility index (Phi) is 5.56. The lowest BCUT2D eigenvalue weighted by Crippen LogP contribution is -2.47. The zero-order valence-corrected chi connectivity index (χ0v) is 14.6. The molecule has 1 amide bonds. The van der Waals surface area contributed by atoms with Gasteiger partial charge in [0, 0.05) is 12.1 Å². The summed E-state index contributed by atoms with van der Waals surface area (Å²) in [7, 11) is 1.61. The van der Waals surface area contributed by atoms with E-state index in [9.17, 15) is 4.79 Å². The zero-order valence-electron chi connectivity index (χ0n) is 14.6. The molecule has 0 spiro atoms. The molecule has 0 unspecified atom stereocenters. The Labute approximate surface area is 148 Å². The van der Waals surface area contributed by atoms with Crippen molar-refractivity contribution < 1.29 is 19.0 Å². The van der Waals surface area contributed by atoms with Crippen LogP contribution in [0.4, 0.5) is 0 Å². The van der Waals surface area contributed by atoms with Gasteiger partial charge in [0.2, 0.25) is 0 Å². The molecule has 0 radical (unpaired) electrons. The lowest BCUT2D eigenvalue weighted by Gasteiger charge is -2.33. The number of benzene rings is 2. The predicted octanol–water partition coefficient (Wildman–Crippen LogP) is 2.92. The van der Waals surface area contributed by atoms with Gasteiger partial charge in [0.1, 0.15) is 24.2 Å². The monoisotopic (exact) mass is 341 g/mol. The lowest BCUT2D eigenvalue weighted by molar-refractivity contribution is -0.0401. The number of morpholine rings is 1. The Morgan fingerprint density at radius 3 is 2.48 bits per heavy atom. The summed E-state index contributed by atoms with van der Waals surface area (Å²) in [5.74, 6) is 1.56. The average Bonchev–Trinajstić information content (AvgIpc) is 2.67. The van der Waals surface area contributed by atoms with Crippen molar-refractivity contribution in [1.29, 1.82) is 0 Å². The standard InChI is InChI=1S/C20H23NO4/c1-15-3-7-18(8-4-15)25-14-19-13-21(11-12-24-19)20(22)16-5-9-17(23-2)10-6-16/h3-10,19H,11-14H2,1-2H3/t19-/m0/s1.